The van der Waals surface area contributed by atoms with Crippen LogP contribution in [-0.4, -0.2) is 31.3 Å². The molecule has 1 heterocycles. The molecule has 0 fully saturated rings. The number of hydrogen-bond donors (Lipinski definition) is 1. The molecule has 0 saturated carbocycles. The first-order valence-electron chi connectivity index (χ1n) is 5.45. The van der Waals surface area contributed by atoms with Crippen molar-refractivity contribution >= 4 is 23.6 Å². The van der Waals surface area contributed by atoms with Gasteiger partial charge in [0.2, 0.25) is 0 Å². The maximum absolute atomic E-state index is 10.5. The Morgan fingerprint density at radius 3 is 2.79 bits per heavy atom. The third-order valence-electron chi connectivity index (χ3n) is 2.48. The average molecular weight is 279 g/mol. The van der Waals surface area contributed by atoms with Crippen molar-refractivity contribution in [1.82, 2.24) is 20.2 Å². The van der Waals surface area contributed by atoms with Gasteiger partial charge in [0, 0.05) is 6.08 Å². The van der Waals surface area contributed by atoms with E-state index < -0.39 is 5.97 Å². The second-order valence-electron chi connectivity index (χ2n) is 4.03. The van der Waals surface area contributed by atoms with Gasteiger partial charge < -0.3 is 5.11 Å². The third-order valence-corrected chi connectivity index (χ3v) is 2.77. The Morgan fingerprint density at radius 2 is 2.16 bits per heavy atom. The highest BCUT2D eigenvalue weighted by molar-refractivity contribution is 6.32. The van der Waals surface area contributed by atoms with E-state index in [1.54, 1.807) is 6.07 Å². The highest BCUT2D eigenvalue weighted by Gasteiger charge is 2.13. The average Bonchev–Trinajstić information content (AvgIpc) is 2.73. The van der Waals surface area contributed by atoms with Gasteiger partial charge in [0.1, 0.15) is 0 Å². The van der Waals surface area contributed by atoms with Gasteiger partial charge in [-0.2, -0.15) is 4.68 Å². The Labute approximate surface area is 114 Å². The molecule has 2 aromatic rings. The molecule has 19 heavy (non-hydrogen) atoms. The number of halogens is 1. The van der Waals surface area contributed by atoms with Crippen LogP contribution in [0.4, 0.5) is 0 Å². The van der Waals surface area contributed by atoms with Crippen LogP contribution in [0.25, 0.3) is 11.8 Å². The molecule has 2 rings (SSSR count). The number of nitrogens with zero attached hydrogens (tertiary/aromatic N) is 4. The van der Waals surface area contributed by atoms with Gasteiger partial charge >= 0.3 is 5.97 Å². The van der Waals surface area contributed by atoms with Crippen molar-refractivity contribution in [2.75, 3.05) is 0 Å². The number of aryl methyl sites for hydroxylation is 2. The predicted molar refractivity (Wildman–Crippen MR) is 70.3 cm³/mol. The van der Waals surface area contributed by atoms with Crippen LogP contribution in [0, 0.1) is 13.8 Å². The van der Waals surface area contributed by atoms with Gasteiger partial charge in [-0.15, -0.1) is 5.10 Å². The van der Waals surface area contributed by atoms with Crippen LogP contribution < -0.4 is 0 Å². The van der Waals surface area contributed by atoms with Crippen molar-refractivity contribution < 1.29 is 9.90 Å². The Kier molecular flexibility index (Phi) is 3.62. The summed E-state index contributed by atoms with van der Waals surface area (Å²) in [6, 6.07) is 3.75. The Bertz CT molecular complexity index is 640. The number of rotatable bonds is 3. The molecule has 0 aliphatic heterocycles. The van der Waals surface area contributed by atoms with Gasteiger partial charge in [-0.05, 0) is 47.5 Å². The fourth-order valence-electron chi connectivity index (χ4n) is 1.78. The van der Waals surface area contributed by atoms with Crippen LogP contribution in [0.15, 0.2) is 18.2 Å². The quantitative estimate of drug-likeness (QED) is 0.869. The van der Waals surface area contributed by atoms with E-state index >= 15 is 0 Å². The number of carboxylic acid groups (broad SMARTS) is 1. The molecule has 0 atom stereocenters. The van der Waals surface area contributed by atoms with Crippen molar-refractivity contribution in [3.8, 4) is 5.69 Å². The van der Waals surface area contributed by atoms with Crippen molar-refractivity contribution in [2.24, 2.45) is 0 Å². The van der Waals surface area contributed by atoms with Crippen LogP contribution >= 0.6 is 11.6 Å². The molecule has 7 heteroatoms. The van der Waals surface area contributed by atoms with E-state index in [4.69, 9.17) is 16.7 Å². The maximum Gasteiger partial charge on any atom is 0.328 e. The topological polar surface area (TPSA) is 80.9 Å². The number of aromatic nitrogens is 4. The van der Waals surface area contributed by atoms with Crippen molar-refractivity contribution in [3.63, 3.8) is 0 Å². The Balaban J connectivity index is 2.55. The largest absolute Gasteiger partial charge is 0.478 e. The van der Waals surface area contributed by atoms with Gasteiger partial charge in [0.15, 0.2) is 5.82 Å². The van der Waals surface area contributed by atoms with Crippen molar-refractivity contribution in [3.05, 3.63) is 40.2 Å². The van der Waals surface area contributed by atoms with Crippen LogP contribution in [0.3, 0.4) is 0 Å². The molecular formula is C12H11ClN4O2. The zero-order valence-corrected chi connectivity index (χ0v) is 11.1. The monoisotopic (exact) mass is 278 g/mol. The van der Waals surface area contributed by atoms with Crippen LogP contribution in [-0.2, 0) is 4.79 Å². The number of carboxylic acids is 1. The lowest BCUT2D eigenvalue weighted by Gasteiger charge is -2.09. The molecule has 1 N–H and O–H groups in total. The summed E-state index contributed by atoms with van der Waals surface area (Å²) < 4.78 is 1.41. The zero-order chi connectivity index (χ0) is 14.0. The second-order valence-corrected chi connectivity index (χ2v) is 4.44. The maximum atomic E-state index is 10.5. The van der Waals surface area contributed by atoms with E-state index in [-0.39, 0.29) is 0 Å². The zero-order valence-electron chi connectivity index (χ0n) is 10.3. The van der Waals surface area contributed by atoms with Crippen molar-refractivity contribution in [2.45, 2.75) is 13.8 Å². The summed E-state index contributed by atoms with van der Waals surface area (Å²) in [4.78, 5) is 10.5. The van der Waals surface area contributed by atoms with E-state index in [0.717, 1.165) is 17.2 Å². The van der Waals surface area contributed by atoms with Gasteiger partial charge in [-0.25, -0.2) is 4.79 Å². The molecule has 0 spiro atoms. The lowest BCUT2D eigenvalue weighted by Crippen LogP contribution is -2.04. The highest BCUT2D eigenvalue weighted by atomic mass is 35.5. The molecule has 0 amide bonds. The minimum atomic E-state index is -1.07. The van der Waals surface area contributed by atoms with E-state index in [0.29, 0.717) is 16.5 Å². The fourth-order valence-corrected chi connectivity index (χ4v) is 2.18. The molecule has 6 nitrogen and oxygen atoms in total. The summed E-state index contributed by atoms with van der Waals surface area (Å²) in [7, 11) is 0. The molecule has 0 unspecified atom stereocenters. The Hall–Kier alpha value is -2.21. The summed E-state index contributed by atoms with van der Waals surface area (Å²) in [5.74, 6) is -0.766. The molecule has 0 aliphatic rings. The molecule has 98 valence electrons. The number of benzene rings is 1. The normalized spacial score (nSPS) is 11.1. The van der Waals surface area contributed by atoms with Gasteiger partial charge in [0.05, 0.1) is 10.7 Å². The van der Waals surface area contributed by atoms with Gasteiger partial charge in [-0.1, -0.05) is 17.7 Å². The smallest absolute Gasteiger partial charge is 0.328 e. The number of tetrazole rings is 1. The van der Waals surface area contributed by atoms with E-state index in [1.807, 2.05) is 19.9 Å². The molecule has 0 saturated heterocycles. The highest BCUT2D eigenvalue weighted by Crippen LogP contribution is 2.26. The summed E-state index contributed by atoms with van der Waals surface area (Å²) >= 11 is 6.20. The standard InChI is InChI=1S/C12H11ClN4O2/c1-7-5-8(2)12(9(13)6-7)17-10(14-15-16-17)3-4-11(18)19/h3-6H,1-2H3,(H,18,19)/b4-3+. The SMILES string of the molecule is Cc1cc(C)c(-n2nnnc2/C=C/C(=O)O)c(Cl)c1. The summed E-state index contributed by atoms with van der Waals surface area (Å²) in [5.41, 5.74) is 2.58. The van der Waals surface area contributed by atoms with Crippen LogP contribution in [0.1, 0.15) is 17.0 Å². The third kappa shape index (κ3) is 2.79. The molecule has 0 aliphatic carbocycles. The molecule has 1 aromatic heterocycles. The molecule has 1 aromatic carbocycles. The fraction of sp³-hybridized carbons (Fsp3) is 0.167. The van der Waals surface area contributed by atoms with Crippen LogP contribution in [0.5, 0.6) is 0 Å². The van der Waals surface area contributed by atoms with Crippen LogP contribution in [0.2, 0.25) is 5.02 Å². The van der Waals surface area contributed by atoms with Gasteiger partial charge in [0.25, 0.3) is 0 Å². The number of carbonyl (C=O) groups is 1. The summed E-state index contributed by atoms with van der Waals surface area (Å²) in [6.45, 7) is 3.83. The molecular weight excluding hydrogens is 268 g/mol. The lowest BCUT2D eigenvalue weighted by atomic mass is 10.1. The minimum absolute atomic E-state index is 0.302. The minimum Gasteiger partial charge on any atom is -0.478 e. The lowest BCUT2D eigenvalue weighted by molar-refractivity contribution is -0.131. The predicted octanol–water partition coefficient (Wildman–Crippen LogP) is 2.03. The van der Waals surface area contributed by atoms with E-state index in [9.17, 15) is 4.79 Å². The first-order valence-corrected chi connectivity index (χ1v) is 5.83. The molecule has 0 radical (unpaired) electrons. The second kappa shape index (κ2) is 5.19. The first-order chi connectivity index (χ1) is 8.99. The van der Waals surface area contributed by atoms with E-state index in [2.05, 4.69) is 15.5 Å². The molecule has 0 bridgehead atoms. The summed E-state index contributed by atoms with van der Waals surface area (Å²) in [6.07, 6.45) is 2.29. The van der Waals surface area contributed by atoms with Gasteiger partial charge in [-0.3, -0.25) is 0 Å². The van der Waals surface area contributed by atoms with Crippen molar-refractivity contribution in [1.29, 1.82) is 0 Å². The van der Waals surface area contributed by atoms with E-state index in [1.165, 1.54) is 10.8 Å². The number of aliphatic carboxylic acids is 1. The first kappa shape index (κ1) is 13.2. The Morgan fingerprint density at radius 1 is 1.42 bits per heavy atom. The number of hydrogen-bond acceptors (Lipinski definition) is 4. The summed E-state index contributed by atoms with van der Waals surface area (Å²) in [5, 5.41) is 20.3.